The Kier molecular flexibility index (Phi) is 3.35. The molecule has 4 aliphatic rings. The summed E-state index contributed by atoms with van der Waals surface area (Å²) in [5.74, 6) is 0.507. The SMILES string of the molecule is CC=C1CN2CCC34C(=C(C=O)C1CC23)Nc1c(O)cccc14.Cl. The van der Waals surface area contributed by atoms with E-state index in [4.69, 9.17) is 0 Å². The van der Waals surface area contributed by atoms with Crippen molar-refractivity contribution >= 4 is 24.4 Å². The summed E-state index contributed by atoms with van der Waals surface area (Å²) in [5.41, 5.74) is 5.13. The number of allylic oxidation sites excluding steroid dienone is 2. The molecule has 3 unspecified atom stereocenters. The third-order valence-electron chi connectivity index (χ3n) is 6.48. The number of hydrogen-bond donors (Lipinski definition) is 2. The number of carbonyl (C=O) groups excluding carboxylic acids is 1. The summed E-state index contributed by atoms with van der Waals surface area (Å²) in [6, 6.07) is 6.18. The van der Waals surface area contributed by atoms with Gasteiger partial charge in [-0.2, -0.15) is 0 Å². The molecule has 0 amide bonds. The van der Waals surface area contributed by atoms with Gasteiger partial charge in [-0.3, -0.25) is 9.69 Å². The van der Waals surface area contributed by atoms with Crippen molar-refractivity contribution in [3.8, 4) is 5.75 Å². The summed E-state index contributed by atoms with van der Waals surface area (Å²) in [7, 11) is 0. The van der Waals surface area contributed by atoms with Crippen LogP contribution in [-0.2, 0) is 10.2 Å². The topological polar surface area (TPSA) is 52.6 Å². The van der Waals surface area contributed by atoms with Gasteiger partial charge in [-0.05, 0) is 31.4 Å². The van der Waals surface area contributed by atoms with Crippen LogP contribution in [-0.4, -0.2) is 35.4 Å². The van der Waals surface area contributed by atoms with Gasteiger partial charge in [0.1, 0.15) is 12.0 Å². The first-order valence-electron chi connectivity index (χ1n) is 8.39. The Morgan fingerprint density at radius 3 is 3.00 bits per heavy atom. The highest BCUT2D eigenvalue weighted by atomic mass is 35.5. The van der Waals surface area contributed by atoms with Crippen LogP contribution < -0.4 is 5.32 Å². The van der Waals surface area contributed by atoms with Crippen molar-refractivity contribution in [3.63, 3.8) is 0 Å². The number of fused-ring (bicyclic) bond motifs is 2. The fraction of sp³-hybridized carbons (Fsp3) is 0.421. The molecule has 2 bridgehead atoms. The number of nitrogens with one attached hydrogen (secondary N) is 1. The van der Waals surface area contributed by atoms with E-state index in [2.05, 4.69) is 29.3 Å². The van der Waals surface area contributed by atoms with Crippen LogP contribution in [0.4, 0.5) is 5.69 Å². The van der Waals surface area contributed by atoms with Gasteiger partial charge < -0.3 is 10.4 Å². The molecule has 5 heteroatoms. The van der Waals surface area contributed by atoms with Crippen molar-refractivity contribution in [2.24, 2.45) is 5.92 Å². The first-order chi connectivity index (χ1) is 11.2. The van der Waals surface area contributed by atoms with E-state index in [9.17, 15) is 9.90 Å². The smallest absolute Gasteiger partial charge is 0.148 e. The third kappa shape index (κ3) is 1.60. The van der Waals surface area contributed by atoms with Crippen molar-refractivity contribution in [2.75, 3.05) is 18.4 Å². The number of aromatic hydroxyl groups is 1. The molecule has 1 aromatic rings. The number of anilines is 1. The fourth-order valence-electron chi connectivity index (χ4n) is 5.50. The molecule has 0 aromatic heterocycles. The summed E-state index contributed by atoms with van der Waals surface area (Å²) < 4.78 is 0. The van der Waals surface area contributed by atoms with Crippen LogP contribution in [0.25, 0.3) is 0 Å². The third-order valence-corrected chi connectivity index (χ3v) is 6.48. The van der Waals surface area contributed by atoms with Crippen LogP contribution in [0.2, 0.25) is 0 Å². The lowest BCUT2D eigenvalue weighted by Gasteiger charge is -2.48. The van der Waals surface area contributed by atoms with Gasteiger partial charge in [0.2, 0.25) is 0 Å². The molecule has 0 radical (unpaired) electrons. The number of phenols is 1. The van der Waals surface area contributed by atoms with Gasteiger partial charge in [0.15, 0.2) is 0 Å². The van der Waals surface area contributed by atoms with Gasteiger partial charge in [-0.25, -0.2) is 0 Å². The van der Waals surface area contributed by atoms with Gasteiger partial charge in [0.05, 0.1) is 11.1 Å². The fourth-order valence-corrected chi connectivity index (χ4v) is 5.50. The minimum atomic E-state index is -0.139. The summed E-state index contributed by atoms with van der Waals surface area (Å²) in [5, 5.41) is 13.7. The predicted octanol–water partition coefficient (Wildman–Crippen LogP) is 2.98. The highest BCUT2D eigenvalue weighted by Crippen LogP contribution is 2.61. The molecule has 3 aliphatic heterocycles. The summed E-state index contributed by atoms with van der Waals surface area (Å²) in [6.07, 6.45) is 5.24. The maximum atomic E-state index is 12.0. The lowest BCUT2D eigenvalue weighted by Crippen LogP contribution is -2.52. The molecule has 2 N–H and O–H groups in total. The van der Waals surface area contributed by atoms with Gasteiger partial charge in [-0.15, -0.1) is 12.4 Å². The number of piperidine rings is 1. The molecule has 3 heterocycles. The highest BCUT2D eigenvalue weighted by molar-refractivity contribution is 5.86. The second-order valence-electron chi connectivity index (χ2n) is 7.13. The average molecular weight is 345 g/mol. The molecule has 1 aromatic carbocycles. The molecule has 1 spiro atoms. The molecule has 1 aliphatic carbocycles. The minimum absolute atomic E-state index is 0. The number of nitrogens with zero attached hydrogens (tertiary/aromatic N) is 1. The van der Waals surface area contributed by atoms with E-state index >= 15 is 0 Å². The molecule has 126 valence electrons. The van der Waals surface area contributed by atoms with Crippen molar-refractivity contribution < 1.29 is 9.90 Å². The Morgan fingerprint density at radius 1 is 1.42 bits per heavy atom. The average Bonchev–Trinajstić information content (AvgIpc) is 3.12. The molecule has 0 saturated carbocycles. The Bertz CT molecular complexity index is 801. The van der Waals surface area contributed by atoms with Gasteiger partial charge in [0.25, 0.3) is 0 Å². The number of benzene rings is 1. The Morgan fingerprint density at radius 2 is 2.25 bits per heavy atom. The molecule has 4 nitrogen and oxygen atoms in total. The Hall–Kier alpha value is -1.78. The molecule has 2 fully saturated rings. The number of hydrogen-bond acceptors (Lipinski definition) is 4. The largest absolute Gasteiger partial charge is 0.506 e. The number of phenolic OH excluding ortho intramolecular Hbond substituents is 1. The number of carbonyl (C=O) groups is 1. The zero-order chi connectivity index (χ0) is 15.8. The quantitative estimate of drug-likeness (QED) is 0.467. The van der Waals surface area contributed by atoms with Gasteiger partial charge >= 0.3 is 0 Å². The molecule has 5 rings (SSSR count). The summed E-state index contributed by atoms with van der Waals surface area (Å²) in [4.78, 5) is 14.5. The van der Waals surface area contributed by atoms with E-state index in [1.807, 2.05) is 6.07 Å². The maximum absolute atomic E-state index is 12.0. The molecular formula is C19H21ClN2O2. The van der Waals surface area contributed by atoms with Crippen molar-refractivity contribution in [1.29, 1.82) is 0 Å². The van der Waals surface area contributed by atoms with Gasteiger partial charge in [-0.1, -0.05) is 23.8 Å². The Balaban J connectivity index is 0.00000146. The van der Waals surface area contributed by atoms with E-state index in [1.165, 1.54) is 11.1 Å². The maximum Gasteiger partial charge on any atom is 0.148 e. The zero-order valence-electron chi connectivity index (χ0n) is 13.6. The molecule has 24 heavy (non-hydrogen) atoms. The standard InChI is InChI=1S/C19H20N2O2.ClH/c1-2-11-9-21-7-6-19-14-4-3-5-15(23)17(14)20-18(19)13(10-22)12(11)8-16(19)21;/h2-5,10,12,16,20,23H,6-9H2,1H3;1H. The second kappa shape index (κ2) is 5.11. The van der Waals surface area contributed by atoms with Crippen LogP contribution in [0.5, 0.6) is 5.75 Å². The summed E-state index contributed by atoms with van der Waals surface area (Å²) in [6.45, 7) is 4.08. The first kappa shape index (κ1) is 15.7. The predicted molar refractivity (Wildman–Crippen MR) is 95.6 cm³/mol. The van der Waals surface area contributed by atoms with Gasteiger partial charge in [0, 0.05) is 36.3 Å². The monoisotopic (exact) mass is 344 g/mol. The molecular weight excluding hydrogens is 324 g/mol. The lowest BCUT2D eigenvalue weighted by molar-refractivity contribution is -0.105. The van der Waals surface area contributed by atoms with E-state index < -0.39 is 0 Å². The number of para-hydroxylation sites is 1. The van der Waals surface area contributed by atoms with E-state index in [1.54, 1.807) is 6.07 Å². The van der Waals surface area contributed by atoms with Crippen LogP contribution in [0.3, 0.4) is 0 Å². The summed E-state index contributed by atoms with van der Waals surface area (Å²) >= 11 is 0. The zero-order valence-corrected chi connectivity index (χ0v) is 14.4. The van der Waals surface area contributed by atoms with Crippen LogP contribution in [0.15, 0.2) is 41.1 Å². The number of halogens is 1. The van der Waals surface area contributed by atoms with E-state index in [0.717, 1.165) is 49.2 Å². The second-order valence-corrected chi connectivity index (χ2v) is 7.13. The number of rotatable bonds is 1. The Labute approximate surface area is 147 Å². The van der Waals surface area contributed by atoms with E-state index in [-0.39, 0.29) is 29.5 Å². The van der Waals surface area contributed by atoms with E-state index in [0.29, 0.717) is 6.04 Å². The highest BCUT2D eigenvalue weighted by Gasteiger charge is 2.61. The minimum Gasteiger partial charge on any atom is -0.506 e. The van der Waals surface area contributed by atoms with Crippen molar-refractivity contribution in [1.82, 2.24) is 4.90 Å². The number of aldehydes is 1. The van der Waals surface area contributed by atoms with Crippen LogP contribution in [0.1, 0.15) is 25.3 Å². The normalized spacial score (nSPS) is 34.5. The molecule has 2 saturated heterocycles. The van der Waals surface area contributed by atoms with Crippen molar-refractivity contribution in [3.05, 3.63) is 46.7 Å². The first-order valence-corrected chi connectivity index (χ1v) is 8.39. The lowest BCUT2D eigenvalue weighted by atomic mass is 9.62. The molecule has 3 atom stereocenters. The van der Waals surface area contributed by atoms with Crippen molar-refractivity contribution in [2.45, 2.75) is 31.2 Å². The van der Waals surface area contributed by atoms with Crippen LogP contribution in [0, 0.1) is 5.92 Å². The van der Waals surface area contributed by atoms with Crippen LogP contribution >= 0.6 is 12.4 Å².